The lowest BCUT2D eigenvalue weighted by atomic mass is 9.92. The summed E-state index contributed by atoms with van der Waals surface area (Å²) >= 11 is 0. The Kier molecular flexibility index (Phi) is 3.81. The minimum Gasteiger partial charge on any atom is -0.307 e. The molecule has 0 radical (unpaired) electrons. The topological polar surface area (TPSA) is 70.7 Å². The van der Waals surface area contributed by atoms with Crippen molar-refractivity contribution in [1.29, 1.82) is 5.26 Å². The maximum Gasteiger partial charge on any atom is 0.256 e. The van der Waals surface area contributed by atoms with Crippen LogP contribution in [-0.2, 0) is 12.5 Å². The third-order valence-corrected chi connectivity index (χ3v) is 3.17. The van der Waals surface area contributed by atoms with E-state index in [1.165, 1.54) is 0 Å². The summed E-state index contributed by atoms with van der Waals surface area (Å²) in [6, 6.07) is 10.4. The van der Waals surface area contributed by atoms with Crippen LogP contribution in [0.4, 0.5) is 5.82 Å². The van der Waals surface area contributed by atoms with E-state index in [4.69, 9.17) is 5.26 Å². The molecule has 108 valence electrons. The Bertz CT molecular complexity index is 699. The van der Waals surface area contributed by atoms with E-state index >= 15 is 0 Å². The first-order chi connectivity index (χ1) is 9.81. The van der Waals surface area contributed by atoms with Crippen LogP contribution in [0.3, 0.4) is 0 Å². The predicted molar refractivity (Wildman–Crippen MR) is 81.0 cm³/mol. The van der Waals surface area contributed by atoms with Crippen molar-refractivity contribution in [2.45, 2.75) is 26.2 Å². The summed E-state index contributed by atoms with van der Waals surface area (Å²) in [7, 11) is 1.80. The zero-order valence-electron chi connectivity index (χ0n) is 12.6. The fraction of sp³-hybridized carbons (Fsp3) is 0.312. The van der Waals surface area contributed by atoms with E-state index in [-0.39, 0.29) is 11.3 Å². The smallest absolute Gasteiger partial charge is 0.256 e. The quantitative estimate of drug-likeness (QED) is 0.920. The lowest BCUT2D eigenvalue weighted by Gasteiger charge is -2.13. The van der Waals surface area contributed by atoms with Gasteiger partial charge in [0.2, 0.25) is 0 Å². The largest absolute Gasteiger partial charge is 0.307 e. The molecule has 1 amide bonds. The zero-order chi connectivity index (χ0) is 15.6. The second-order valence-electron chi connectivity index (χ2n) is 5.93. The molecule has 0 unspecified atom stereocenters. The number of nitrogens with one attached hydrogen (secondary N) is 1. The summed E-state index contributed by atoms with van der Waals surface area (Å²) in [5.74, 6) is 0.428. The number of aromatic nitrogens is 2. The first kappa shape index (κ1) is 14.8. The van der Waals surface area contributed by atoms with Crippen LogP contribution in [0.5, 0.6) is 0 Å². The number of anilines is 1. The summed E-state index contributed by atoms with van der Waals surface area (Å²) in [4.78, 5) is 12.2. The zero-order valence-corrected chi connectivity index (χ0v) is 12.6. The number of rotatable bonds is 2. The van der Waals surface area contributed by atoms with Gasteiger partial charge in [0.05, 0.1) is 17.3 Å². The summed E-state index contributed by atoms with van der Waals surface area (Å²) in [6.45, 7) is 6.21. The van der Waals surface area contributed by atoms with Crippen LogP contribution < -0.4 is 5.32 Å². The van der Waals surface area contributed by atoms with Crippen molar-refractivity contribution < 1.29 is 4.79 Å². The van der Waals surface area contributed by atoms with Gasteiger partial charge in [0, 0.05) is 24.1 Å². The highest BCUT2D eigenvalue weighted by Gasteiger charge is 2.19. The molecule has 0 aliphatic carbocycles. The second-order valence-corrected chi connectivity index (χ2v) is 5.93. The fourth-order valence-corrected chi connectivity index (χ4v) is 1.84. The van der Waals surface area contributed by atoms with Crippen LogP contribution >= 0.6 is 0 Å². The molecule has 0 saturated heterocycles. The Morgan fingerprint density at radius 3 is 2.38 bits per heavy atom. The van der Waals surface area contributed by atoms with Gasteiger partial charge in [-0.2, -0.15) is 10.4 Å². The Morgan fingerprint density at radius 2 is 1.90 bits per heavy atom. The van der Waals surface area contributed by atoms with Crippen LogP contribution in [-0.4, -0.2) is 15.7 Å². The number of benzene rings is 1. The average molecular weight is 282 g/mol. The van der Waals surface area contributed by atoms with Crippen molar-refractivity contribution in [3.05, 3.63) is 47.2 Å². The lowest BCUT2D eigenvalue weighted by Crippen LogP contribution is -2.14. The third kappa shape index (κ3) is 3.29. The Labute approximate surface area is 124 Å². The minimum absolute atomic E-state index is 0.0742. The van der Waals surface area contributed by atoms with Crippen molar-refractivity contribution in [3.63, 3.8) is 0 Å². The molecule has 5 nitrogen and oxygen atoms in total. The highest BCUT2D eigenvalue weighted by Crippen LogP contribution is 2.23. The molecule has 0 aliphatic heterocycles. The highest BCUT2D eigenvalue weighted by atomic mass is 16.1. The summed E-state index contributed by atoms with van der Waals surface area (Å²) < 4.78 is 1.65. The standard InChI is InChI=1S/C16H18N4O/c1-16(2,3)13-9-14(20(4)19-13)18-15(21)12-7-5-11(10-17)6-8-12/h5-9H,1-4H3,(H,18,21). The van der Waals surface area contributed by atoms with Crippen LogP contribution in [0.15, 0.2) is 30.3 Å². The minimum atomic E-state index is -0.219. The van der Waals surface area contributed by atoms with Crippen molar-refractivity contribution in [3.8, 4) is 6.07 Å². The molecule has 2 rings (SSSR count). The Hall–Kier alpha value is -2.61. The third-order valence-electron chi connectivity index (χ3n) is 3.17. The Balaban J connectivity index is 2.19. The number of nitriles is 1. The van der Waals surface area contributed by atoms with Gasteiger partial charge in [-0.3, -0.25) is 9.48 Å². The molecule has 0 bridgehead atoms. The SMILES string of the molecule is Cn1nc(C(C)(C)C)cc1NC(=O)c1ccc(C#N)cc1. The predicted octanol–water partition coefficient (Wildman–Crippen LogP) is 2.84. The molecule has 1 heterocycles. The summed E-state index contributed by atoms with van der Waals surface area (Å²) in [5.41, 5.74) is 1.88. The molecule has 0 saturated carbocycles. The average Bonchev–Trinajstić information content (AvgIpc) is 2.80. The molecular formula is C16H18N4O. The molecule has 0 fully saturated rings. The lowest BCUT2D eigenvalue weighted by molar-refractivity contribution is 0.102. The van der Waals surface area contributed by atoms with E-state index < -0.39 is 0 Å². The van der Waals surface area contributed by atoms with E-state index in [0.29, 0.717) is 16.9 Å². The second kappa shape index (κ2) is 5.41. The monoisotopic (exact) mass is 282 g/mol. The van der Waals surface area contributed by atoms with Gasteiger partial charge < -0.3 is 5.32 Å². The normalized spacial score (nSPS) is 11.0. The van der Waals surface area contributed by atoms with Gasteiger partial charge in [-0.25, -0.2) is 0 Å². The first-order valence-corrected chi connectivity index (χ1v) is 6.67. The van der Waals surface area contributed by atoms with Gasteiger partial charge in [0.25, 0.3) is 5.91 Å². The van der Waals surface area contributed by atoms with Crippen LogP contribution in [0.25, 0.3) is 0 Å². The van der Waals surface area contributed by atoms with Crippen molar-refractivity contribution >= 4 is 11.7 Å². The number of carbonyl (C=O) groups is 1. The van der Waals surface area contributed by atoms with Gasteiger partial charge in [-0.15, -0.1) is 0 Å². The van der Waals surface area contributed by atoms with Gasteiger partial charge in [0.15, 0.2) is 0 Å². The molecule has 2 aromatic rings. The van der Waals surface area contributed by atoms with Gasteiger partial charge in [0.1, 0.15) is 5.82 Å². The van der Waals surface area contributed by atoms with E-state index in [1.807, 2.05) is 12.1 Å². The van der Waals surface area contributed by atoms with Crippen molar-refractivity contribution in [2.24, 2.45) is 7.05 Å². The van der Waals surface area contributed by atoms with E-state index in [2.05, 4.69) is 31.2 Å². The van der Waals surface area contributed by atoms with E-state index in [0.717, 1.165) is 5.69 Å². The molecule has 0 spiro atoms. The van der Waals surface area contributed by atoms with E-state index in [9.17, 15) is 4.79 Å². The van der Waals surface area contributed by atoms with Crippen LogP contribution in [0, 0.1) is 11.3 Å². The molecule has 1 N–H and O–H groups in total. The number of nitrogens with zero attached hydrogens (tertiary/aromatic N) is 3. The Morgan fingerprint density at radius 1 is 1.29 bits per heavy atom. The van der Waals surface area contributed by atoms with Crippen molar-refractivity contribution in [1.82, 2.24) is 9.78 Å². The number of carbonyl (C=O) groups excluding carboxylic acids is 1. The fourth-order valence-electron chi connectivity index (χ4n) is 1.84. The van der Waals surface area contributed by atoms with E-state index in [1.54, 1.807) is 36.0 Å². The number of hydrogen-bond donors (Lipinski definition) is 1. The van der Waals surface area contributed by atoms with Crippen LogP contribution in [0.2, 0.25) is 0 Å². The molecule has 5 heteroatoms. The summed E-state index contributed by atoms with van der Waals surface area (Å²) in [6.07, 6.45) is 0. The van der Waals surface area contributed by atoms with Gasteiger partial charge in [-0.05, 0) is 24.3 Å². The highest BCUT2D eigenvalue weighted by molar-refractivity contribution is 6.03. The molecule has 21 heavy (non-hydrogen) atoms. The maximum atomic E-state index is 12.2. The summed E-state index contributed by atoms with van der Waals surface area (Å²) in [5, 5.41) is 16.0. The molecule has 1 aromatic heterocycles. The van der Waals surface area contributed by atoms with Crippen LogP contribution in [0.1, 0.15) is 42.4 Å². The molecule has 1 aromatic carbocycles. The molecule has 0 aliphatic rings. The number of aryl methyl sites for hydroxylation is 1. The molecular weight excluding hydrogens is 264 g/mol. The van der Waals surface area contributed by atoms with Crippen molar-refractivity contribution in [2.75, 3.05) is 5.32 Å². The maximum absolute atomic E-state index is 12.2. The van der Waals surface area contributed by atoms with Gasteiger partial charge >= 0.3 is 0 Å². The molecule has 0 atom stereocenters. The number of hydrogen-bond acceptors (Lipinski definition) is 3. The number of amides is 1. The van der Waals surface area contributed by atoms with Gasteiger partial charge in [-0.1, -0.05) is 20.8 Å². The first-order valence-electron chi connectivity index (χ1n) is 6.67.